The normalized spacial score (nSPS) is 10.4. The minimum Gasteiger partial charge on any atom is -0.368 e. The Balaban J connectivity index is 2.49. The third kappa shape index (κ3) is 1.35. The highest BCUT2D eigenvalue weighted by Crippen LogP contribution is 2.10. The predicted octanol–water partition coefficient (Wildman–Crippen LogP) is -0.852. The molecule has 0 spiro atoms. The van der Waals surface area contributed by atoms with Crippen LogP contribution in [0.2, 0.25) is 0 Å². The molecule has 0 aliphatic rings. The number of aryl methyl sites for hydroxylation is 1. The third-order valence-corrected chi connectivity index (χ3v) is 1.70. The Morgan fingerprint density at radius 1 is 1.50 bits per heavy atom. The molecule has 14 heavy (non-hydrogen) atoms. The number of nitrogens with one attached hydrogen (secondary N) is 1. The van der Waals surface area contributed by atoms with Crippen molar-refractivity contribution in [2.24, 2.45) is 7.05 Å². The van der Waals surface area contributed by atoms with Crippen LogP contribution in [0.4, 0.5) is 5.95 Å². The van der Waals surface area contributed by atoms with E-state index in [0.717, 1.165) is 0 Å². The van der Waals surface area contributed by atoms with E-state index < -0.39 is 0 Å². The number of nitrogens with zero attached hydrogens (tertiary/aromatic N) is 4. The largest absolute Gasteiger partial charge is 0.368 e. The Bertz CT molecular complexity index is 473. The summed E-state index contributed by atoms with van der Waals surface area (Å²) in [6, 6.07) is 2.89. The van der Waals surface area contributed by atoms with Gasteiger partial charge in [0, 0.05) is 13.1 Å². The molecule has 0 atom stereocenters. The lowest BCUT2D eigenvalue weighted by Crippen LogP contribution is -2.06. The lowest BCUT2D eigenvalue weighted by Gasteiger charge is -1.90. The molecule has 0 aliphatic carbocycles. The van der Waals surface area contributed by atoms with Gasteiger partial charge >= 0.3 is 0 Å². The summed E-state index contributed by atoms with van der Waals surface area (Å²) in [7, 11) is 1.68. The number of H-pyrrole nitrogens is 1. The van der Waals surface area contributed by atoms with Crippen LogP contribution in [-0.2, 0) is 7.05 Å². The van der Waals surface area contributed by atoms with Crippen LogP contribution in [0, 0.1) is 0 Å². The summed E-state index contributed by atoms with van der Waals surface area (Å²) in [4.78, 5) is 14.7. The van der Waals surface area contributed by atoms with Crippen molar-refractivity contribution in [3.63, 3.8) is 0 Å². The maximum atomic E-state index is 10.7. The summed E-state index contributed by atoms with van der Waals surface area (Å²) in [5.41, 5.74) is 5.71. The minimum atomic E-state index is -0.266. The molecule has 0 aliphatic heterocycles. The number of aromatic amines is 1. The molecule has 0 bridgehead atoms. The third-order valence-electron chi connectivity index (χ3n) is 1.70. The van der Waals surface area contributed by atoms with E-state index in [1.54, 1.807) is 7.05 Å². The number of hydrogen-bond donors (Lipinski definition) is 2. The van der Waals surface area contributed by atoms with Crippen LogP contribution >= 0.6 is 0 Å². The van der Waals surface area contributed by atoms with Crippen LogP contribution in [0.3, 0.4) is 0 Å². The van der Waals surface area contributed by atoms with E-state index in [9.17, 15) is 4.79 Å². The zero-order valence-electron chi connectivity index (χ0n) is 7.43. The van der Waals surface area contributed by atoms with E-state index in [-0.39, 0.29) is 5.56 Å². The molecule has 7 nitrogen and oxygen atoms in total. The van der Waals surface area contributed by atoms with Gasteiger partial charge in [0.25, 0.3) is 5.56 Å². The molecule has 2 aromatic heterocycles. The Kier molecular flexibility index (Phi) is 1.77. The molecule has 2 aromatic rings. The molecule has 0 saturated carbocycles. The molecule has 2 heterocycles. The van der Waals surface area contributed by atoms with Crippen LogP contribution in [-0.4, -0.2) is 25.0 Å². The van der Waals surface area contributed by atoms with Crippen molar-refractivity contribution in [2.45, 2.75) is 0 Å². The molecule has 72 valence electrons. The second-order valence-corrected chi connectivity index (χ2v) is 2.72. The zero-order chi connectivity index (χ0) is 10.1. The van der Waals surface area contributed by atoms with E-state index in [0.29, 0.717) is 17.5 Å². The molecule has 0 aromatic carbocycles. The summed E-state index contributed by atoms with van der Waals surface area (Å²) >= 11 is 0. The summed E-state index contributed by atoms with van der Waals surface area (Å²) in [5, 5.41) is 10.1. The molecule has 0 radical (unpaired) electrons. The molecule has 3 N–H and O–H groups in total. The number of anilines is 1. The van der Waals surface area contributed by atoms with Crippen molar-refractivity contribution in [3.8, 4) is 11.5 Å². The van der Waals surface area contributed by atoms with Crippen LogP contribution in [0.15, 0.2) is 16.9 Å². The molecule has 0 unspecified atom stereocenters. The highest BCUT2D eigenvalue weighted by Gasteiger charge is 2.07. The maximum absolute atomic E-state index is 10.7. The number of rotatable bonds is 1. The van der Waals surface area contributed by atoms with Crippen LogP contribution in [0.1, 0.15) is 0 Å². The smallest absolute Gasteiger partial charge is 0.264 e. The fraction of sp³-hybridized carbons (Fsp3) is 0.143. The molecular weight excluding hydrogens is 184 g/mol. The molecule has 7 heteroatoms. The average Bonchev–Trinajstić information content (AvgIpc) is 2.48. The Morgan fingerprint density at radius 2 is 2.29 bits per heavy atom. The fourth-order valence-electron chi connectivity index (χ4n) is 0.974. The van der Waals surface area contributed by atoms with Crippen molar-refractivity contribution < 1.29 is 0 Å². The lowest BCUT2D eigenvalue weighted by atomic mass is 10.4. The Morgan fingerprint density at radius 3 is 2.79 bits per heavy atom. The molecule has 0 fully saturated rings. The first kappa shape index (κ1) is 8.42. The second-order valence-electron chi connectivity index (χ2n) is 2.72. The van der Waals surface area contributed by atoms with Crippen molar-refractivity contribution in [1.29, 1.82) is 0 Å². The number of nitrogen functional groups attached to an aromatic ring is 1. The number of aromatic nitrogens is 5. The van der Waals surface area contributed by atoms with Crippen LogP contribution in [0.5, 0.6) is 0 Å². The first-order valence-electron chi connectivity index (χ1n) is 3.89. The van der Waals surface area contributed by atoms with Gasteiger partial charge in [-0.25, -0.2) is 9.78 Å². The van der Waals surface area contributed by atoms with Crippen molar-refractivity contribution in [2.75, 3.05) is 5.73 Å². The van der Waals surface area contributed by atoms with Gasteiger partial charge in [-0.3, -0.25) is 4.79 Å². The molecular formula is C7H8N6O. The SMILES string of the molecule is Cn1nc(-c2ccc(=O)[nH]n2)nc1N. The van der Waals surface area contributed by atoms with E-state index in [1.165, 1.54) is 16.8 Å². The maximum Gasteiger partial charge on any atom is 0.264 e. The molecule has 0 amide bonds. The summed E-state index contributed by atoms with van der Waals surface area (Å²) < 4.78 is 1.43. The molecule has 2 rings (SSSR count). The monoisotopic (exact) mass is 192 g/mol. The van der Waals surface area contributed by atoms with E-state index in [4.69, 9.17) is 5.73 Å². The van der Waals surface area contributed by atoms with Gasteiger partial charge < -0.3 is 5.73 Å². The van der Waals surface area contributed by atoms with Gasteiger partial charge in [0.1, 0.15) is 5.69 Å². The quantitative estimate of drug-likeness (QED) is 0.612. The van der Waals surface area contributed by atoms with Gasteiger partial charge in [0.15, 0.2) is 0 Å². The fourth-order valence-corrected chi connectivity index (χ4v) is 0.974. The minimum absolute atomic E-state index is 0.266. The summed E-state index contributed by atoms with van der Waals surface area (Å²) in [6.07, 6.45) is 0. The van der Waals surface area contributed by atoms with Crippen molar-refractivity contribution in [1.82, 2.24) is 25.0 Å². The average molecular weight is 192 g/mol. The van der Waals surface area contributed by atoms with Gasteiger partial charge in [0.2, 0.25) is 11.8 Å². The van der Waals surface area contributed by atoms with E-state index in [2.05, 4.69) is 20.3 Å². The van der Waals surface area contributed by atoms with Crippen molar-refractivity contribution in [3.05, 3.63) is 22.5 Å². The first-order chi connectivity index (χ1) is 6.66. The van der Waals surface area contributed by atoms with Gasteiger partial charge in [-0.05, 0) is 6.07 Å². The predicted molar refractivity (Wildman–Crippen MR) is 49.3 cm³/mol. The second kappa shape index (κ2) is 2.95. The Labute approximate surface area is 78.6 Å². The van der Waals surface area contributed by atoms with Gasteiger partial charge in [-0.15, -0.1) is 5.10 Å². The molecule has 0 saturated heterocycles. The van der Waals surface area contributed by atoms with Gasteiger partial charge in [0.05, 0.1) is 0 Å². The number of hydrogen-bond acceptors (Lipinski definition) is 5. The van der Waals surface area contributed by atoms with E-state index in [1.807, 2.05) is 0 Å². The first-order valence-corrected chi connectivity index (χ1v) is 3.89. The van der Waals surface area contributed by atoms with Crippen LogP contribution in [0.25, 0.3) is 11.5 Å². The standard InChI is InChI=1S/C7H8N6O/c1-13-7(8)9-6(12-13)4-2-3-5(14)11-10-4/h2-3H,1H3,(H,11,14)(H2,8,9,12). The topological polar surface area (TPSA) is 102 Å². The van der Waals surface area contributed by atoms with E-state index >= 15 is 0 Å². The highest BCUT2D eigenvalue weighted by atomic mass is 16.1. The van der Waals surface area contributed by atoms with Gasteiger partial charge in [-0.2, -0.15) is 10.1 Å². The zero-order valence-corrected chi connectivity index (χ0v) is 7.43. The number of nitrogens with two attached hydrogens (primary N) is 1. The summed E-state index contributed by atoms with van der Waals surface area (Å²) in [6.45, 7) is 0. The van der Waals surface area contributed by atoms with Crippen molar-refractivity contribution >= 4 is 5.95 Å². The lowest BCUT2D eigenvalue weighted by molar-refractivity contribution is 0.779. The van der Waals surface area contributed by atoms with Gasteiger partial charge in [-0.1, -0.05) is 0 Å². The summed E-state index contributed by atoms with van der Waals surface area (Å²) in [5.74, 6) is 0.689. The highest BCUT2D eigenvalue weighted by molar-refractivity contribution is 5.48. The van der Waals surface area contributed by atoms with Crippen LogP contribution < -0.4 is 11.3 Å². The Hall–Kier alpha value is -2.18.